The topological polar surface area (TPSA) is 51.2 Å². The first-order valence-electron chi connectivity index (χ1n) is 11.2. The van der Waals surface area contributed by atoms with Gasteiger partial charge in [0.15, 0.2) is 17.2 Å². The van der Waals surface area contributed by atoms with Crippen molar-refractivity contribution in [1.29, 1.82) is 0 Å². The van der Waals surface area contributed by atoms with Crippen LogP contribution < -0.4 is 14.4 Å². The second kappa shape index (κ2) is 7.77. The number of rotatable bonds is 2. The van der Waals surface area contributed by atoms with Gasteiger partial charge in [-0.05, 0) is 70.7 Å². The largest absolute Gasteiger partial charge is 0.493 e. The number of halogens is 1. The average Bonchev–Trinajstić information content (AvgIpc) is 3.00. The van der Waals surface area contributed by atoms with Crippen LogP contribution in [0.1, 0.15) is 46.5 Å². The lowest BCUT2D eigenvalue weighted by molar-refractivity contribution is 0.00613. The van der Waals surface area contributed by atoms with Crippen LogP contribution in [0.15, 0.2) is 36.4 Å². The Labute approximate surface area is 194 Å². The molecule has 6 nitrogen and oxygen atoms in total. The molecule has 3 aliphatic rings. The summed E-state index contributed by atoms with van der Waals surface area (Å²) >= 11 is 6.29. The van der Waals surface area contributed by atoms with Gasteiger partial charge in [-0.15, -0.1) is 0 Å². The number of hydrogen-bond acceptors (Lipinski definition) is 5. The summed E-state index contributed by atoms with van der Waals surface area (Å²) in [4.78, 5) is 17.2. The predicted octanol–water partition coefficient (Wildman–Crippen LogP) is 6.52. The van der Waals surface area contributed by atoms with Gasteiger partial charge in [0, 0.05) is 29.2 Å². The number of fused-ring (bicyclic) bond motifs is 4. The SMILES string of the molecule is COc1cccc2c1Oc1cc(Cl)ccc1N2C1CC2CCC(C1)N2C(=O)OC(C)(C)C. The Kier molecular flexibility index (Phi) is 5.16. The van der Waals surface area contributed by atoms with Crippen LogP contribution in [0.25, 0.3) is 0 Å². The number of hydrogen-bond donors (Lipinski definition) is 0. The van der Waals surface area contributed by atoms with Crippen LogP contribution in [-0.4, -0.2) is 41.8 Å². The van der Waals surface area contributed by atoms with Crippen LogP contribution in [0.4, 0.5) is 16.2 Å². The third kappa shape index (κ3) is 3.64. The maximum atomic E-state index is 12.9. The molecule has 5 rings (SSSR count). The zero-order valence-electron chi connectivity index (χ0n) is 18.9. The summed E-state index contributed by atoms with van der Waals surface area (Å²) in [6.07, 6.45) is 3.55. The number of carbonyl (C=O) groups excluding carboxylic acids is 1. The van der Waals surface area contributed by atoms with Crippen LogP contribution in [0, 0.1) is 0 Å². The highest BCUT2D eigenvalue weighted by Crippen LogP contribution is 2.54. The van der Waals surface area contributed by atoms with E-state index >= 15 is 0 Å². The van der Waals surface area contributed by atoms with E-state index in [0.29, 0.717) is 16.5 Å². The summed E-state index contributed by atoms with van der Waals surface area (Å²) in [5, 5.41) is 0.627. The van der Waals surface area contributed by atoms with E-state index < -0.39 is 5.60 Å². The van der Waals surface area contributed by atoms with E-state index in [1.54, 1.807) is 7.11 Å². The first-order chi connectivity index (χ1) is 15.2. The molecule has 32 heavy (non-hydrogen) atoms. The Morgan fingerprint density at radius 1 is 1.06 bits per heavy atom. The lowest BCUT2D eigenvalue weighted by Gasteiger charge is -2.46. The van der Waals surface area contributed by atoms with Crippen molar-refractivity contribution in [2.45, 2.75) is 70.2 Å². The van der Waals surface area contributed by atoms with Gasteiger partial charge in [-0.2, -0.15) is 0 Å². The number of anilines is 2. The minimum atomic E-state index is -0.495. The summed E-state index contributed by atoms with van der Waals surface area (Å²) in [5.41, 5.74) is 1.48. The first-order valence-corrected chi connectivity index (χ1v) is 11.6. The molecular weight excluding hydrogens is 428 g/mol. The smallest absolute Gasteiger partial charge is 0.410 e. The Bertz CT molecular complexity index is 1040. The Hall–Kier alpha value is -2.60. The molecule has 2 bridgehead atoms. The van der Waals surface area contributed by atoms with Crippen molar-refractivity contribution in [3.63, 3.8) is 0 Å². The summed E-state index contributed by atoms with van der Waals surface area (Å²) in [7, 11) is 1.65. The molecule has 0 spiro atoms. The maximum Gasteiger partial charge on any atom is 0.410 e. The molecule has 7 heteroatoms. The third-order valence-electron chi connectivity index (χ3n) is 6.51. The molecule has 2 atom stereocenters. The number of ether oxygens (including phenoxy) is 3. The fraction of sp³-hybridized carbons (Fsp3) is 0.480. The third-order valence-corrected chi connectivity index (χ3v) is 6.74. The van der Waals surface area contributed by atoms with Crippen LogP contribution in [0.2, 0.25) is 5.02 Å². The summed E-state index contributed by atoms with van der Waals surface area (Å²) in [6, 6.07) is 12.3. The molecule has 2 saturated heterocycles. The van der Waals surface area contributed by atoms with E-state index in [9.17, 15) is 4.79 Å². The second-order valence-electron chi connectivity index (χ2n) is 9.79. The van der Waals surface area contributed by atoms with E-state index in [1.807, 2.05) is 56.0 Å². The summed E-state index contributed by atoms with van der Waals surface area (Å²) < 4.78 is 17.6. The highest BCUT2D eigenvalue weighted by atomic mass is 35.5. The van der Waals surface area contributed by atoms with Crippen LogP contribution in [-0.2, 0) is 4.74 Å². The molecule has 3 aliphatic heterocycles. The molecule has 1 amide bonds. The van der Waals surface area contributed by atoms with Crippen molar-refractivity contribution in [1.82, 2.24) is 4.90 Å². The molecular formula is C25H29ClN2O4. The molecule has 2 aromatic rings. The van der Waals surface area contributed by atoms with Crippen molar-refractivity contribution >= 4 is 29.1 Å². The zero-order valence-corrected chi connectivity index (χ0v) is 19.7. The highest BCUT2D eigenvalue weighted by Gasteiger charge is 2.47. The van der Waals surface area contributed by atoms with E-state index in [1.165, 1.54) is 0 Å². The van der Waals surface area contributed by atoms with Crippen LogP contribution in [0.3, 0.4) is 0 Å². The second-order valence-corrected chi connectivity index (χ2v) is 10.2. The van der Waals surface area contributed by atoms with Crippen LogP contribution in [0.5, 0.6) is 17.2 Å². The van der Waals surface area contributed by atoms with Gasteiger partial charge in [0.05, 0.1) is 18.5 Å². The lowest BCUT2D eigenvalue weighted by Crippen LogP contribution is -2.53. The number of nitrogens with zero attached hydrogens (tertiary/aromatic N) is 2. The van der Waals surface area contributed by atoms with Gasteiger partial charge < -0.3 is 24.0 Å². The van der Waals surface area contributed by atoms with E-state index in [2.05, 4.69) is 11.0 Å². The molecule has 2 unspecified atom stereocenters. The van der Waals surface area contributed by atoms with Gasteiger partial charge in [0.1, 0.15) is 5.60 Å². The fourth-order valence-electron chi connectivity index (χ4n) is 5.33. The van der Waals surface area contributed by atoms with Gasteiger partial charge >= 0.3 is 6.09 Å². The molecule has 0 aromatic heterocycles. The molecule has 2 aromatic carbocycles. The number of amides is 1. The normalized spacial score (nSPS) is 23.8. The quantitative estimate of drug-likeness (QED) is 0.514. The molecule has 2 fully saturated rings. The maximum absolute atomic E-state index is 12.9. The highest BCUT2D eigenvalue weighted by molar-refractivity contribution is 6.30. The molecule has 170 valence electrons. The van der Waals surface area contributed by atoms with Gasteiger partial charge in [-0.25, -0.2) is 4.79 Å². The Balaban J connectivity index is 1.50. The van der Waals surface area contributed by atoms with Crippen molar-refractivity contribution in [3.8, 4) is 17.2 Å². The molecule has 0 N–H and O–H groups in total. The number of para-hydroxylation sites is 1. The summed E-state index contributed by atoms with van der Waals surface area (Å²) in [5.74, 6) is 2.11. The van der Waals surface area contributed by atoms with Gasteiger partial charge in [-0.3, -0.25) is 0 Å². The van der Waals surface area contributed by atoms with Gasteiger partial charge in [0.2, 0.25) is 0 Å². The number of methoxy groups -OCH3 is 1. The van der Waals surface area contributed by atoms with E-state index in [0.717, 1.165) is 42.8 Å². The minimum Gasteiger partial charge on any atom is -0.493 e. The minimum absolute atomic E-state index is 0.168. The van der Waals surface area contributed by atoms with Crippen molar-refractivity contribution in [2.24, 2.45) is 0 Å². The first kappa shape index (κ1) is 21.3. The van der Waals surface area contributed by atoms with Gasteiger partial charge in [-0.1, -0.05) is 17.7 Å². The lowest BCUT2D eigenvalue weighted by atomic mass is 9.94. The van der Waals surface area contributed by atoms with Gasteiger partial charge in [0.25, 0.3) is 0 Å². The monoisotopic (exact) mass is 456 g/mol. The number of carbonyl (C=O) groups is 1. The van der Waals surface area contributed by atoms with E-state index in [4.69, 9.17) is 25.8 Å². The average molecular weight is 457 g/mol. The van der Waals surface area contributed by atoms with Crippen LogP contribution >= 0.6 is 11.6 Å². The zero-order chi connectivity index (χ0) is 22.6. The molecule has 0 aliphatic carbocycles. The Morgan fingerprint density at radius 2 is 1.78 bits per heavy atom. The Morgan fingerprint density at radius 3 is 2.44 bits per heavy atom. The van der Waals surface area contributed by atoms with E-state index in [-0.39, 0.29) is 24.2 Å². The molecule has 0 saturated carbocycles. The number of benzene rings is 2. The van der Waals surface area contributed by atoms with Crippen molar-refractivity contribution < 1.29 is 19.0 Å². The molecule has 0 radical (unpaired) electrons. The molecule has 3 heterocycles. The van der Waals surface area contributed by atoms with Crippen molar-refractivity contribution in [3.05, 3.63) is 41.4 Å². The predicted molar refractivity (Wildman–Crippen MR) is 125 cm³/mol. The fourth-order valence-corrected chi connectivity index (χ4v) is 5.49. The standard InChI is InChI=1S/C25H29ClN2O4/c1-25(2,3)32-24(29)27-16-9-10-17(27)14-18(13-16)28-19-11-8-15(26)12-22(19)31-23-20(28)6-5-7-21(23)30-4/h5-8,11-12,16-18H,9-10,13-14H2,1-4H3. The summed E-state index contributed by atoms with van der Waals surface area (Å²) in [6.45, 7) is 5.75. The number of piperidine rings is 1. The van der Waals surface area contributed by atoms with Crippen molar-refractivity contribution in [2.75, 3.05) is 12.0 Å².